The molecule has 5 nitrogen and oxygen atoms in total. The van der Waals surface area contributed by atoms with Crippen LogP contribution in [-0.2, 0) is 4.79 Å². The maximum absolute atomic E-state index is 12.1. The summed E-state index contributed by atoms with van der Waals surface area (Å²) in [5.74, 6) is -1.49. The Morgan fingerprint density at radius 1 is 1.43 bits per heavy atom. The Morgan fingerprint density at radius 3 is 2.86 bits per heavy atom. The number of carboxylic acids is 1. The predicted octanol–water partition coefficient (Wildman–Crippen LogP) is 2.89. The number of hydrogen-bond donors (Lipinski definition) is 2. The van der Waals surface area contributed by atoms with Crippen molar-refractivity contribution in [1.29, 1.82) is 0 Å². The third kappa shape index (κ3) is 3.51. The Morgan fingerprint density at radius 2 is 2.19 bits per heavy atom. The number of carboxylic acid groups (broad SMARTS) is 1. The molecule has 0 aliphatic rings. The highest BCUT2D eigenvalue weighted by Gasteiger charge is 2.21. The number of furan rings is 1. The van der Waals surface area contributed by atoms with Crippen LogP contribution in [0.25, 0.3) is 11.0 Å². The molecule has 1 aromatic heterocycles. The molecule has 0 saturated carbocycles. The van der Waals surface area contributed by atoms with Crippen molar-refractivity contribution in [2.75, 3.05) is 0 Å². The molecular formula is C16H17NO4. The van der Waals surface area contributed by atoms with Crippen LogP contribution < -0.4 is 5.32 Å². The molecule has 1 heterocycles. The first-order valence-electron chi connectivity index (χ1n) is 6.66. The fraction of sp³-hybridized carbons (Fsp3) is 0.250. The molecule has 1 aromatic carbocycles. The van der Waals surface area contributed by atoms with Crippen molar-refractivity contribution in [2.45, 2.75) is 25.8 Å². The van der Waals surface area contributed by atoms with Crippen LogP contribution in [-0.4, -0.2) is 23.0 Å². The van der Waals surface area contributed by atoms with Crippen molar-refractivity contribution in [1.82, 2.24) is 5.32 Å². The van der Waals surface area contributed by atoms with E-state index in [9.17, 15) is 9.59 Å². The van der Waals surface area contributed by atoms with Crippen molar-refractivity contribution < 1.29 is 19.1 Å². The molecule has 5 heteroatoms. The van der Waals surface area contributed by atoms with Gasteiger partial charge in [-0.3, -0.25) is 4.79 Å². The first-order valence-corrected chi connectivity index (χ1v) is 6.66. The summed E-state index contributed by atoms with van der Waals surface area (Å²) in [6.07, 6.45) is 2.42. The summed E-state index contributed by atoms with van der Waals surface area (Å²) in [6.45, 7) is 5.49. The number of nitrogens with one attached hydrogen (secondary N) is 1. The van der Waals surface area contributed by atoms with Gasteiger partial charge in [-0.05, 0) is 38.0 Å². The molecule has 1 atom stereocenters. The summed E-state index contributed by atoms with van der Waals surface area (Å²) >= 11 is 0. The van der Waals surface area contributed by atoms with Gasteiger partial charge in [0.2, 0.25) is 0 Å². The number of carbonyl (C=O) groups excluding carboxylic acids is 1. The van der Waals surface area contributed by atoms with E-state index >= 15 is 0 Å². The van der Waals surface area contributed by atoms with Crippen LogP contribution in [0.3, 0.4) is 0 Å². The van der Waals surface area contributed by atoms with E-state index in [4.69, 9.17) is 9.52 Å². The van der Waals surface area contributed by atoms with E-state index in [1.54, 1.807) is 18.2 Å². The Bertz CT molecular complexity index is 687. The standard InChI is InChI=1S/C16H17NO4/c1-3-4-5-12(16(19)20)17-15(18)14-9-11-8-10(2)6-7-13(11)21-14/h3,6-9,12H,1,4-5H2,2H3,(H,17,18)(H,19,20). The third-order valence-electron chi connectivity index (χ3n) is 3.16. The zero-order valence-corrected chi connectivity index (χ0v) is 11.8. The molecule has 21 heavy (non-hydrogen) atoms. The van der Waals surface area contributed by atoms with Gasteiger partial charge < -0.3 is 14.8 Å². The van der Waals surface area contributed by atoms with Crippen molar-refractivity contribution in [3.8, 4) is 0 Å². The summed E-state index contributed by atoms with van der Waals surface area (Å²) < 4.78 is 5.44. The van der Waals surface area contributed by atoms with Crippen LogP contribution in [0.5, 0.6) is 0 Å². The second kappa shape index (κ2) is 6.26. The topological polar surface area (TPSA) is 79.5 Å². The van der Waals surface area contributed by atoms with Gasteiger partial charge in [-0.2, -0.15) is 0 Å². The van der Waals surface area contributed by atoms with Gasteiger partial charge in [0.05, 0.1) is 0 Å². The molecule has 2 aromatic rings. The number of amides is 1. The van der Waals surface area contributed by atoms with E-state index < -0.39 is 17.9 Å². The number of aryl methyl sites for hydroxylation is 1. The zero-order valence-electron chi connectivity index (χ0n) is 11.8. The number of fused-ring (bicyclic) bond motifs is 1. The second-order valence-electron chi connectivity index (χ2n) is 4.88. The Balaban J connectivity index is 2.16. The highest BCUT2D eigenvalue weighted by atomic mass is 16.4. The van der Waals surface area contributed by atoms with Gasteiger partial charge in [-0.25, -0.2) is 4.79 Å². The number of hydrogen-bond acceptors (Lipinski definition) is 3. The SMILES string of the molecule is C=CCCC(NC(=O)c1cc2cc(C)ccc2o1)C(=O)O. The summed E-state index contributed by atoms with van der Waals surface area (Å²) in [7, 11) is 0. The van der Waals surface area contributed by atoms with Crippen molar-refractivity contribution in [3.05, 3.63) is 48.2 Å². The normalized spacial score (nSPS) is 12.0. The molecule has 0 bridgehead atoms. The number of benzene rings is 1. The van der Waals surface area contributed by atoms with Gasteiger partial charge in [-0.1, -0.05) is 17.7 Å². The van der Waals surface area contributed by atoms with Gasteiger partial charge in [0.15, 0.2) is 5.76 Å². The van der Waals surface area contributed by atoms with E-state index in [0.717, 1.165) is 10.9 Å². The highest BCUT2D eigenvalue weighted by molar-refractivity contribution is 5.98. The lowest BCUT2D eigenvalue weighted by molar-refractivity contribution is -0.139. The van der Waals surface area contributed by atoms with Crippen LogP contribution in [0.2, 0.25) is 0 Å². The summed E-state index contributed by atoms with van der Waals surface area (Å²) in [6, 6.07) is 6.24. The lowest BCUT2D eigenvalue weighted by Crippen LogP contribution is -2.40. The molecule has 1 unspecified atom stereocenters. The quantitative estimate of drug-likeness (QED) is 0.801. The summed E-state index contributed by atoms with van der Waals surface area (Å²) in [5, 5.41) is 12.4. The van der Waals surface area contributed by atoms with E-state index in [-0.39, 0.29) is 5.76 Å². The molecule has 2 N–H and O–H groups in total. The van der Waals surface area contributed by atoms with E-state index in [0.29, 0.717) is 18.4 Å². The average Bonchev–Trinajstić information content (AvgIpc) is 2.85. The molecule has 1 amide bonds. The number of aliphatic carboxylic acids is 1. The van der Waals surface area contributed by atoms with E-state index in [2.05, 4.69) is 11.9 Å². The van der Waals surface area contributed by atoms with Gasteiger partial charge in [0, 0.05) is 5.39 Å². The van der Waals surface area contributed by atoms with Crippen molar-refractivity contribution >= 4 is 22.8 Å². The molecule has 0 aliphatic heterocycles. The lowest BCUT2D eigenvalue weighted by Gasteiger charge is -2.12. The molecular weight excluding hydrogens is 270 g/mol. The van der Waals surface area contributed by atoms with Gasteiger partial charge in [0.1, 0.15) is 11.6 Å². The van der Waals surface area contributed by atoms with Crippen molar-refractivity contribution in [3.63, 3.8) is 0 Å². The predicted molar refractivity (Wildman–Crippen MR) is 79.3 cm³/mol. The number of carbonyl (C=O) groups is 2. The minimum absolute atomic E-state index is 0.112. The Hall–Kier alpha value is -2.56. The van der Waals surface area contributed by atoms with Gasteiger partial charge in [-0.15, -0.1) is 6.58 Å². The fourth-order valence-electron chi connectivity index (χ4n) is 2.05. The zero-order chi connectivity index (χ0) is 15.4. The maximum Gasteiger partial charge on any atom is 0.326 e. The van der Waals surface area contributed by atoms with Crippen molar-refractivity contribution in [2.24, 2.45) is 0 Å². The first kappa shape index (κ1) is 14.8. The third-order valence-corrected chi connectivity index (χ3v) is 3.16. The van der Waals surface area contributed by atoms with Crippen LogP contribution >= 0.6 is 0 Å². The van der Waals surface area contributed by atoms with Gasteiger partial charge >= 0.3 is 5.97 Å². The molecule has 0 spiro atoms. The minimum Gasteiger partial charge on any atom is -0.480 e. The molecule has 0 aliphatic carbocycles. The average molecular weight is 287 g/mol. The van der Waals surface area contributed by atoms with Crippen LogP contribution in [0.15, 0.2) is 41.3 Å². The Kier molecular flexibility index (Phi) is 4.42. The number of rotatable bonds is 6. The van der Waals surface area contributed by atoms with Crippen LogP contribution in [0.1, 0.15) is 29.0 Å². The Labute approximate surface area is 122 Å². The van der Waals surface area contributed by atoms with Crippen LogP contribution in [0.4, 0.5) is 0 Å². The van der Waals surface area contributed by atoms with Crippen LogP contribution in [0, 0.1) is 6.92 Å². The first-order chi connectivity index (χ1) is 10.0. The molecule has 0 fully saturated rings. The van der Waals surface area contributed by atoms with Gasteiger partial charge in [0.25, 0.3) is 5.91 Å². The molecule has 0 radical (unpaired) electrons. The minimum atomic E-state index is -1.07. The largest absolute Gasteiger partial charge is 0.480 e. The highest BCUT2D eigenvalue weighted by Crippen LogP contribution is 2.20. The summed E-state index contributed by atoms with van der Waals surface area (Å²) in [5.41, 5.74) is 1.66. The molecule has 110 valence electrons. The summed E-state index contributed by atoms with van der Waals surface area (Å²) in [4.78, 5) is 23.2. The van der Waals surface area contributed by atoms with E-state index in [1.807, 2.05) is 19.1 Å². The van der Waals surface area contributed by atoms with E-state index in [1.165, 1.54) is 0 Å². The smallest absolute Gasteiger partial charge is 0.326 e. The molecule has 0 saturated heterocycles. The lowest BCUT2D eigenvalue weighted by atomic mass is 10.1. The number of allylic oxidation sites excluding steroid dienone is 1. The second-order valence-corrected chi connectivity index (χ2v) is 4.88. The maximum atomic E-state index is 12.1. The fourth-order valence-corrected chi connectivity index (χ4v) is 2.05. The monoisotopic (exact) mass is 287 g/mol. The molecule has 2 rings (SSSR count).